The molecule has 0 aliphatic heterocycles. The predicted octanol–water partition coefficient (Wildman–Crippen LogP) is 3.34. The summed E-state index contributed by atoms with van der Waals surface area (Å²) < 4.78 is 23.1. The van der Waals surface area contributed by atoms with Crippen molar-refractivity contribution in [1.82, 2.24) is 0 Å². The Balaban J connectivity index is 3.44. The molecule has 1 rings (SSSR count). The van der Waals surface area contributed by atoms with Gasteiger partial charge in [-0.15, -0.1) is 11.6 Å². The number of benzene rings is 1. The molecule has 19 heavy (non-hydrogen) atoms. The highest BCUT2D eigenvalue weighted by atomic mass is 79.9. The lowest BCUT2D eigenvalue weighted by atomic mass is 10.1. The van der Waals surface area contributed by atoms with Gasteiger partial charge in [-0.1, -0.05) is 47.7 Å². The second-order valence-corrected chi connectivity index (χ2v) is 14.8. The number of halogens is 2. The molecule has 0 spiro atoms. The first-order valence-corrected chi connectivity index (χ1v) is 12.3. The predicted molar refractivity (Wildman–Crippen MR) is 85.9 cm³/mol. The number of rotatable bonds is 4. The first kappa shape index (κ1) is 17.2. The fourth-order valence-corrected chi connectivity index (χ4v) is 9.92. The van der Waals surface area contributed by atoms with E-state index in [0.29, 0.717) is 5.56 Å². The summed E-state index contributed by atoms with van der Waals surface area (Å²) in [5.41, 5.74) is 0.589. The molecule has 0 saturated heterocycles. The van der Waals surface area contributed by atoms with Crippen molar-refractivity contribution >= 4 is 45.4 Å². The highest BCUT2D eigenvalue weighted by Crippen LogP contribution is 2.42. The van der Waals surface area contributed by atoms with Gasteiger partial charge in [0.15, 0.2) is 14.4 Å². The molecular formula is C12H18BrClO3SSi. The normalized spacial score (nSPS) is 17.8. The van der Waals surface area contributed by atoms with Crippen LogP contribution in [-0.4, -0.2) is 32.4 Å². The lowest BCUT2D eigenvalue weighted by Gasteiger charge is -2.40. The molecule has 7 heteroatoms. The molecule has 0 heterocycles. The van der Waals surface area contributed by atoms with Gasteiger partial charge in [0.05, 0.1) is 5.38 Å². The minimum absolute atomic E-state index is 0.589. The van der Waals surface area contributed by atoms with Crippen molar-refractivity contribution in [3.05, 3.63) is 34.3 Å². The summed E-state index contributed by atoms with van der Waals surface area (Å²) in [7, 11) is -6.20. The van der Waals surface area contributed by atoms with Crippen LogP contribution in [0.15, 0.2) is 28.7 Å². The smallest absolute Gasteiger partial charge is 0.175 e. The molecule has 0 bridgehead atoms. The van der Waals surface area contributed by atoms with Gasteiger partial charge in [-0.3, -0.25) is 0 Å². The van der Waals surface area contributed by atoms with E-state index < -0.39 is 27.8 Å². The maximum atomic E-state index is 12.1. The third-order valence-corrected chi connectivity index (χ3v) is 11.3. The van der Waals surface area contributed by atoms with Crippen LogP contribution < -0.4 is 0 Å². The molecule has 0 amide bonds. The number of hydrogen-bond donors (Lipinski definition) is 1. The van der Waals surface area contributed by atoms with Gasteiger partial charge in [-0.2, -0.15) is 0 Å². The Morgan fingerprint density at radius 1 is 1.37 bits per heavy atom. The first-order valence-electron chi connectivity index (χ1n) is 5.73. The van der Waals surface area contributed by atoms with Crippen molar-refractivity contribution in [3.63, 3.8) is 0 Å². The Hall–Kier alpha value is 0.117. The molecule has 0 aliphatic rings. The topological polar surface area (TPSA) is 54.4 Å². The molecule has 3 nitrogen and oxygen atoms in total. The van der Waals surface area contributed by atoms with Crippen molar-refractivity contribution in [2.45, 2.75) is 29.6 Å². The molecule has 0 aromatic heterocycles. The van der Waals surface area contributed by atoms with E-state index in [1.165, 1.54) is 0 Å². The molecule has 0 aliphatic carbocycles. The van der Waals surface area contributed by atoms with Crippen molar-refractivity contribution < 1.29 is 13.5 Å². The molecule has 0 radical (unpaired) electrons. The third-order valence-electron chi connectivity index (χ3n) is 3.12. The van der Waals surface area contributed by atoms with Gasteiger partial charge in [-0.25, -0.2) is 8.42 Å². The molecule has 0 saturated carbocycles. The Morgan fingerprint density at radius 2 is 1.89 bits per heavy atom. The van der Waals surface area contributed by atoms with Gasteiger partial charge in [0, 0.05) is 10.7 Å². The summed E-state index contributed by atoms with van der Waals surface area (Å²) in [6, 6.07) is 7.04. The van der Waals surface area contributed by atoms with Crippen LogP contribution in [0.2, 0.25) is 19.6 Å². The second-order valence-electron chi connectivity index (χ2n) is 5.64. The highest BCUT2D eigenvalue weighted by Gasteiger charge is 2.55. The van der Waals surface area contributed by atoms with Gasteiger partial charge in [0.1, 0.15) is 8.07 Å². The zero-order valence-electron chi connectivity index (χ0n) is 11.3. The van der Waals surface area contributed by atoms with Gasteiger partial charge in [0.25, 0.3) is 0 Å². The van der Waals surface area contributed by atoms with Crippen LogP contribution in [0, 0.1) is 0 Å². The SMILES string of the molecule is C[Si](C)(C)C(O)(C(Cl)c1cccc(Br)c1)S(C)(=O)=O. The number of hydrogen-bond acceptors (Lipinski definition) is 3. The largest absolute Gasteiger partial charge is 0.376 e. The molecule has 0 fully saturated rings. The van der Waals surface area contributed by atoms with E-state index in [-0.39, 0.29) is 0 Å². The maximum absolute atomic E-state index is 12.1. The lowest BCUT2D eigenvalue weighted by Crippen LogP contribution is -2.60. The van der Waals surface area contributed by atoms with E-state index in [9.17, 15) is 13.5 Å². The summed E-state index contributed by atoms with van der Waals surface area (Å²) in [5.74, 6) is 0. The summed E-state index contributed by atoms with van der Waals surface area (Å²) in [4.78, 5) is 0. The van der Waals surface area contributed by atoms with Crippen molar-refractivity contribution in [2.75, 3.05) is 6.26 Å². The van der Waals surface area contributed by atoms with Crippen LogP contribution in [0.5, 0.6) is 0 Å². The van der Waals surface area contributed by atoms with E-state index in [2.05, 4.69) is 15.9 Å². The van der Waals surface area contributed by atoms with Gasteiger partial charge < -0.3 is 5.11 Å². The van der Waals surface area contributed by atoms with E-state index in [1.807, 2.05) is 6.07 Å². The number of sulfone groups is 1. The Bertz CT molecular complexity index is 571. The van der Waals surface area contributed by atoms with Crippen molar-refractivity contribution in [1.29, 1.82) is 0 Å². The molecule has 1 aromatic carbocycles. The summed E-state index contributed by atoms with van der Waals surface area (Å²) >= 11 is 9.66. The molecular weight excluding hydrogens is 368 g/mol. The van der Waals surface area contributed by atoms with Gasteiger partial charge in [0.2, 0.25) is 0 Å². The second kappa shape index (κ2) is 5.48. The van der Waals surface area contributed by atoms with Crippen molar-refractivity contribution in [2.24, 2.45) is 0 Å². The lowest BCUT2D eigenvalue weighted by molar-refractivity contribution is 0.191. The van der Waals surface area contributed by atoms with Crippen LogP contribution in [-0.2, 0) is 9.84 Å². The zero-order valence-corrected chi connectivity index (χ0v) is 15.5. The summed E-state index contributed by atoms with van der Waals surface area (Å²) in [6.07, 6.45) is 1.04. The molecule has 2 unspecified atom stereocenters. The van der Waals surface area contributed by atoms with Gasteiger partial charge in [-0.05, 0) is 17.7 Å². The van der Waals surface area contributed by atoms with E-state index in [4.69, 9.17) is 11.6 Å². The van der Waals surface area contributed by atoms with Crippen LogP contribution in [0.4, 0.5) is 0 Å². The van der Waals surface area contributed by atoms with Gasteiger partial charge >= 0.3 is 0 Å². The van der Waals surface area contributed by atoms with Crippen LogP contribution in [0.3, 0.4) is 0 Å². The standard InChI is InChI=1S/C12H18BrClO3SSi/c1-18(16,17)12(15,19(2,3)4)11(14)9-6-5-7-10(13)8-9/h5-8,11,15H,1-4H3. The summed E-state index contributed by atoms with van der Waals surface area (Å²) in [6.45, 7) is 5.38. The van der Waals surface area contributed by atoms with E-state index in [1.54, 1.807) is 37.8 Å². The fraction of sp³-hybridized carbons (Fsp3) is 0.500. The Labute approximate surface area is 129 Å². The van der Waals surface area contributed by atoms with Crippen molar-refractivity contribution in [3.8, 4) is 0 Å². The molecule has 2 atom stereocenters. The first-order chi connectivity index (χ1) is 8.41. The number of alkyl halides is 1. The van der Waals surface area contributed by atoms with Crippen LogP contribution in [0.25, 0.3) is 0 Å². The average Bonchev–Trinajstić information content (AvgIpc) is 2.23. The van der Waals surface area contributed by atoms with E-state index >= 15 is 0 Å². The minimum Gasteiger partial charge on any atom is -0.376 e. The molecule has 1 aromatic rings. The average molecular weight is 386 g/mol. The third kappa shape index (κ3) is 3.24. The fourth-order valence-electron chi connectivity index (χ4n) is 2.01. The maximum Gasteiger partial charge on any atom is 0.175 e. The molecule has 108 valence electrons. The molecule has 1 N–H and O–H groups in total. The van der Waals surface area contributed by atoms with Crippen LogP contribution in [0.1, 0.15) is 10.9 Å². The monoisotopic (exact) mass is 384 g/mol. The summed E-state index contributed by atoms with van der Waals surface area (Å²) in [5, 5.41) is 9.83. The quantitative estimate of drug-likeness (QED) is 0.639. The Kier molecular flexibility index (Phi) is 4.95. The number of aliphatic hydroxyl groups is 1. The van der Waals surface area contributed by atoms with E-state index in [0.717, 1.165) is 10.7 Å². The Morgan fingerprint density at radius 3 is 2.26 bits per heavy atom. The van der Waals surface area contributed by atoms with Crippen LogP contribution >= 0.6 is 27.5 Å². The zero-order chi connectivity index (χ0) is 15.1. The highest BCUT2D eigenvalue weighted by molar-refractivity contribution is 9.10. The minimum atomic E-state index is -3.71.